The number of ether oxygens (including phenoxy) is 2. The number of benzene rings is 2. The first kappa shape index (κ1) is 20.8. The molecule has 0 radical (unpaired) electrons. The molecular weight excluding hydrogens is 340 g/mol. The monoisotopic (exact) mass is 370 g/mol. The lowest BCUT2D eigenvalue weighted by Gasteiger charge is -2.18. The summed E-state index contributed by atoms with van der Waals surface area (Å²) in [7, 11) is 3.19. The highest BCUT2D eigenvalue weighted by Crippen LogP contribution is 2.27. The number of carbonyl (C=O) groups excluding carboxylic acids is 1. The van der Waals surface area contributed by atoms with Crippen LogP contribution >= 0.6 is 0 Å². The largest absolute Gasteiger partial charge is 0.493 e. The molecule has 5 heteroatoms. The molecule has 2 aromatic rings. The summed E-state index contributed by atoms with van der Waals surface area (Å²) in [5.41, 5.74) is 3.27. The second-order valence-electron chi connectivity index (χ2n) is 6.42. The zero-order valence-corrected chi connectivity index (χ0v) is 16.7. The molecule has 2 aromatic carbocycles. The Hall–Kier alpha value is -2.53. The Kier molecular flexibility index (Phi) is 8.14. The first-order chi connectivity index (χ1) is 13.1. The Morgan fingerprint density at radius 3 is 2.30 bits per heavy atom. The van der Waals surface area contributed by atoms with Crippen LogP contribution in [-0.2, 0) is 24.3 Å². The highest BCUT2D eigenvalue weighted by atomic mass is 16.5. The minimum atomic E-state index is -0.0173. The first-order valence-corrected chi connectivity index (χ1v) is 9.37. The smallest absolute Gasteiger partial charge is 0.224 e. The standard InChI is InChI=1S/C22H30N2O3/c1-5-24(6-2)16-19-9-7-8-18(12-19)15-23-22(25)14-17-10-11-20(26-3)21(13-17)27-4/h7-13H,5-6,14-16H2,1-4H3,(H,23,25). The molecule has 0 saturated heterocycles. The van der Waals surface area contributed by atoms with E-state index in [1.54, 1.807) is 14.2 Å². The molecule has 0 fully saturated rings. The Morgan fingerprint density at radius 2 is 1.63 bits per heavy atom. The molecule has 0 bridgehead atoms. The van der Waals surface area contributed by atoms with E-state index in [0.29, 0.717) is 24.5 Å². The van der Waals surface area contributed by atoms with Crippen LogP contribution in [0.2, 0.25) is 0 Å². The average Bonchev–Trinajstić information content (AvgIpc) is 2.70. The Bertz CT molecular complexity index is 742. The van der Waals surface area contributed by atoms with Crippen LogP contribution in [0.15, 0.2) is 42.5 Å². The van der Waals surface area contributed by atoms with E-state index in [1.807, 2.05) is 24.3 Å². The third-order valence-electron chi connectivity index (χ3n) is 4.59. The molecular formula is C22H30N2O3. The molecule has 0 spiro atoms. The fourth-order valence-electron chi connectivity index (χ4n) is 2.98. The van der Waals surface area contributed by atoms with Crippen LogP contribution in [0.4, 0.5) is 0 Å². The number of amides is 1. The van der Waals surface area contributed by atoms with Gasteiger partial charge >= 0.3 is 0 Å². The lowest BCUT2D eigenvalue weighted by Crippen LogP contribution is -2.25. The number of nitrogens with zero attached hydrogens (tertiary/aromatic N) is 1. The minimum Gasteiger partial charge on any atom is -0.493 e. The maximum Gasteiger partial charge on any atom is 0.224 e. The van der Waals surface area contributed by atoms with Crippen molar-refractivity contribution >= 4 is 5.91 Å². The lowest BCUT2D eigenvalue weighted by atomic mass is 10.1. The summed E-state index contributed by atoms with van der Waals surface area (Å²) in [5, 5.41) is 3.00. The highest BCUT2D eigenvalue weighted by Gasteiger charge is 2.09. The predicted octanol–water partition coefficient (Wildman–Crippen LogP) is 3.40. The van der Waals surface area contributed by atoms with Crippen LogP contribution in [0.5, 0.6) is 11.5 Å². The van der Waals surface area contributed by atoms with Gasteiger partial charge in [0.25, 0.3) is 0 Å². The molecule has 1 N–H and O–H groups in total. The van der Waals surface area contributed by atoms with E-state index < -0.39 is 0 Å². The molecule has 1 amide bonds. The normalized spacial score (nSPS) is 10.7. The molecule has 0 unspecified atom stereocenters. The average molecular weight is 370 g/mol. The molecule has 146 valence electrons. The SMILES string of the molecule is CCN(CC)Cc1cccc(CNC(=O)Cc2ccc(OC)c(OC)c2)c1. The molecule has 0 aliphatic heterocycles. The van der Waals surface area contributed by atoms with Crippen molar-refractivity contribution in [3.05, 3.63) is 59.2 Å². The van der Waals surface area contributed by atoms with Crippen LogP contribution < -0.4 is 14.8 Å². The van der Waals surface area contributed by atoms with Crippen LogP contribution in [0, 0.1) is 0 Å². The Labute approximate surface area is 162 Å². The third kappa shape index (κ3) is 6.29. The van der Waals surface area contributed by atoms with Crippen molar-refractivity contribution in [1.29, 1.82) is 0 Å². The van der Waals surface area contributed by atoms with Crippen molar-refractivity contribution in [3.8, 4) is 11.5 Å². The number of hydrogen-bond acceptors (Lipinski definition) is 4. The van der Waals surface area contributed by atoms with E-state index in [2.05, 4.69) is 42.3 Å². The van der Waals surface area contributed by atoms with E-state index in [9.17, 15) is 4.79 Å². The minimum absolute atomic E-state index is 0.0173. The van der Waals surface area contributed by atoms with Crippen LogP contribution in [-0.4, -0.2) is 38.1 Å². The molecule has 0 saturated carbocycles. The van der Waals surface area contributed by atoms with Gasteiger partial charge in [-0.2, -0.15) is 0 Å². The van der Waals surface area contributed by atoms with Gasteiger partial charge in [-0.25, -0.2) is 0 Å². The molecule has 0 aliphatic rings. The van der Waals surface area contributed by atoms with Gasteiger partial charge in [0.05, 0.1) is 20.6 Å². The van der Waals surface area contributed by atoms with Crippen LogP contribution in [0.1, 0.15) is 30.5 Å². The molecule has 0 aliphatic carbocycles. The molecule has 0 atom stereocenters. The van der Waals surface area contributed by atoms with E-state index in [4.69, 9.17) is 9.47 Å². The fourth-order valence-corrected chi connectivity index (χ4v) is 2.98. The van der Waals surface area contributed by atoms with E-state index in [1.165, 1.54) is 5.56 Å². The maximum absolute atomic E-state index is 12.3. The van der Waals surface area contributed by atoms with E-state index in [-0.39, 0.29) is 5.91 Å². The van der Waals surface area contributed by atoms with Gasteiger partial charge in [-0.05, 0) is 41.9 Å². The van der Waals surface area contributed by atoms with Gasteiger partial charge in [0, 0.05) is 13.1 Å². The summed E-state index contributed by atoms with van der Waals surface area (Å²) in [6.07, 6.45) is 0.305. The van der Waals surface area contributed by atoms with Gasteiger partial charge in [0.1, 0.15) is 0 Å². The number of hydrogen-bond donors (Lipinski definition) is 1. The summed E-state index contributed by atoms with van der Waals surface area (Å²) >= 11 is 0. The number of carbonyl (C=O) groups is 1. The van der Waals surface area contributed by atoms with Gasteiger partial charge in [-0.3, -0.25) is 9.69 Å². The third-order valence-corrected chi connectivity index (χ3v) is 4.59. The van der Waals surface area contributed by atoms with Crippen molar-refractivity contribution in [2.45, 2.75) is 33.4 Å². The number of nitrogens with one attached hydrogen (secondary N) is 1. The first-order valence-electron chi connectivity index (χ1n) is 9.37. The fraction of sp³-hybridized carbons (Fsp3) is 0.409. The van der Waals surface area contributed by atoms with Gasteiger partial charge in [0.2, 0.25) is 5.91 Å². The molecule has 5 nitrogen and oxygen atoms in total. The Morgan fingerprint density at radius 1 is 0.926 bits per heavy atom. The molecule has 0 heterocycles. The van der Waals surface area contributed by atoms with Crippen LogP contribution in [0.3, 0.4) is 0 Å². The van der Waals surface area contributed by atoms with Gasteiger partial charge < -0.3 is 14.8 Å². The second-order valence-corrected chi connectivity index (χ2v) is 6.42. The summed E-state index contributed by atoms with van der Waals surface area (Å²) in [6, 6.07) is 13.9. The Balaban J connectivity index is 1.92. The van der Waals surface area contributed by atoms with Crippen molar-refractivity contribution in [2.24, 2.45) is 0 Å². The number of methoxy groups -OCH3 is 2. The molecule has 0 aromatic heterocycles. The van der Waals surface area contributed by atoms with Crippen molar-refractivity contribution in [2.75, 3.05) is 27.3 Å². The summed E-state index contributed by atoms with van der Waals surface area (Å²) in [4.78, 5) is 14.7. The van der Waals surface area contributed by atoms with E-state index >= 15 is 0 Å². The quantitative estimate of drug-likeness (QED) is 0.696. The highest BCUT2D eigenvalue weighted by molar-refractivity contribution is 5.78. The summed E-state index contributed by atoms with van der Waals surface area (Å²) in [6.45, 7) is 7.85. The van der Waals surface area contributed by atoms with E-state index in [0.717, 1.165) is 30.8 Å². The van der Waals surface area contributed by atoms with Gasteiger partial charge in [-0.1, -0.05) is 44.2 Å². The lowest BCUT2D eigenvalue weighted by molar-refractivity contribution is -0.120. The topological polar surface area (TPSA) is 50.8 Å². The zero-order valence-electron chi connectivity index (χ0n) is 16.7. The second kappa shape index (κ2) is 10.6. The van der Waals surface area contributed by atoms with Crippen molar-refractivity contribution < 1.29 is 14.3 Å². The van der Waals surface area contributed by atoms with Gasteiger partial charge in [0.15, 0.2) is 11.5 Å². The van der Waals surface area contributed by atoms with Gasteiger partial charge in [-0.15, -0.1) is 0 Å². The van der Waals surface area contributed by atoms with Crippen LogP contribution in [0.25, 0.3) is 0 Å². The maximum atomic E-state index is 12.3. The van der Waals surface area contributed by atoms with Crippen molar-refractivity contribution in [3.63, 3.8) is 0 Å². The molecule has 27 heavy (non-hydrogen) atoms. The zero-order chi connectivity index (χ0) is 19.6. The predicted molar refractivity (Wildman–Crippen MR) is 108 cm³/mol. The number of rotatable bonds is 10. The molecule has 2 rings (SSSR count). The summed E-state index contributed by atoms with van der Waals surface area (Å²) < 4.78 is 10.5. The van der Waals surface area contributed by atoms with Crippen molar-refractivity contribution in [1.82, 2.24) is 10.2 Å². The summed E-state index contributed by atoms with van der Waals surface area (Å²) in [5.74, 6) is 1.27.